The van der Waals surface area contributed by atoms with Crippen LogP contribution in [0.1, 0.15) is 45.1 Å². The predicted octanol–water partition coefficient (Wildman–Crippen LogP) is -0.830. The Morgan fingerprint density at radius 2 is 1.41 bits per heavy atom. The van der Waals surface area contributed by atoms with Gasteiger partial charge in [0.2, 0.25) is 0 Å². The number of carboxylic acid groups (broad SMARTS) is 1. The molecular formula is C23H37B2N3O9. The molecule has 4 unspecified atom stereocenters. The summed E-state index contributed by atoms with van der Waals surface area (Å²) in [6, 6.07) is 8.09. The van der Waals surface area contributed by atoms with Crippen molar-refractivity contribution in [3.05, 3.63) is 35.9 Å². The van der Waals surface area contributed by atoms with Crippen molar-refractivity contribution < 1.29 is 43.8 Å². The number of hydrogen-bond donors (Lipinski definition) is 6. The van der Waals surface area contributed by atoms with Gasteiger partial charge in [-0.2, -0.15) is 0 Å². The Bertz CT molecular complexity index is 818. The first-order valence-corrected chi connectivity index (χ1v) is 12.1. The molecule has 1 rings (SSSR count). The van der Waals surface area contributed by atoms with E-state index in [1.54, 1.807) is 0 Å². The van der Waals surface area contributed by atoms with E-state index in [4.69, 9.17) is 14.9 Å². The second-order valence-corrected chi connectivity index (χ2v) is 8.03. The first kappa shape index (κ1) is 34.2. The summed E-state index contributed by atoms with van der Waals surface area (Å²) in [6.45, 7) is 3.58. The Morgan fingerprint density at radius 3 is 1.86 bits per heavy atom. The number of benzene rings is 1. The molecule has 14 heteroatoms. The molecule has 1 aromatic carbocycles. The normalized spacial score (nSPS) is 13.4. The molecule has 1 aromatic rings. The second-order valence-electron chi connectivity index (χ2n) is 8.03. The third kappa shape index (κ3) is 15.8. The first-order valence-electron chi connectivity index (χ1n) is 12.1. The van der Waals surface area contributed by atoms with Crippen LogP contribution in [0.15, 0.2) is 30.3 Å². The molecule has 204 valence electrons. The number of nitrogens with one attached hydrogen (secondary N) is 3. The Morgan fingerprint density at radius 1 is 0.892 bits per heavy atom. The standard InChI is InChI=1S/C16H23BN2O5.C7H14BNO4/c1-2-6-13(19-11-17-23)15(21)16(22)18-9-14(20)24-10-12-7-4-3-5-8-12;1-2-3-5(9-4-8-13)6(10)7(11)12/h3-5,7-8,13,15,19,21H,2,6,9-11H2,1H3,(H,18,22);5-6,9-10H,2-4H2,1H3,(H,11,12). The van der Waals surface area contributed by atoms with Crippen molar-refractivity contribution >= 4 is 32.1 Å². The molecule has 1 amide bonds. The van der Waals surface area contributed by atoms with Crippen molar-refractivity contribution in [1.29, 1.82) is 0 Å². The van der Waals surface area contributed by atoms with E-state index in [0.717, 1.165) is 18.4 Å². The third-order valence-corrected chi connectivity index (χ3v) is 5.06. The van der Waals surface area contributed by atoms with Gasteiger partial charge < -0.3 is 0 Å². The Labute approximate surface area is 218 Å². The Balaban J connectivity index is 0.000000845. The van der Waals surface area contributed by atoms with Gasteiger partial charge in [-0.1, -0.05) is 18.2 Å². The van der Waals surface area contributed by atoms with Gasteiger partial charge in [-0.25, -0.2) is 0 Å². The van der Waals surface area contributed by atoms with Crippen molar-refractivity contribution in [3.8, 4) is 0 Å². The van der Waals surface area contributed by atoms with Crippen molar-refractivity contribution in [3.63, 3.8) is 0 Å². The summed E-state index contributed by atoms with van der Waals surface area (Å²) in [5, 5.41) is 35.5. The molecule has 0 radical (unpaired) electrons. The topological polar surface area (TPSA) is 191 Å². The maximum absolute atomic E-state index is 11.9. The number of carbonyl (C=O) groups is 3. The zero-order chi connectivity index (χ0) is 28.1. The number of aliphatic hydroxyl groups excluding tert-OH is 2. The SMILES string of the molecule is CCCC(NCB=O)C(O)C(=O)NCC(=O)OCc1ccccc1.CCCC(NCB=O)C(O)C(=O)O. The number of aliphatic carboxylic acids is 1. The van der Waals surface area contributed by atoms with Crippen LogP contribution in [0.25, 0.3) is 0 Å². The summed E-state index contributed by atoms with van der Waals surface area (Å²) in [5.41, 5.74) is 0.846. The van der Waals surface area contributed by atoms with E-state index in [9.17, 15) is 28.9 Å². The summed E-state index contributed by atoms with van der Waals surface area (Å²) in [7, 11) is 1.30. The van der Waals surface area contributed by atoms with Crippen LogP contribution < -0.4 is 16.0 Å². The van der Waals surface area contributed by atoms with Crippen molar-refractivity contribution in [2.24, 2.45) is 0 Å². The third-order valence-electron chi connectivity index (χ3n) is 5.06. The van der Waals surface area contributed by atoms with E-state index in [0.29, 0.717) is 27.1 Å². The van der Waals surface area contributed by atoms with Gasteiger partial charge in [-0.3, -0.25) is 0 Å². The summed E-state index contributed by atoms with van der Waals surface area (Å²) in [6.07, 6.45) is -0.127. The fourth-order valence-corrected chi connectivity index (χ4v) is 3.17. The van der Waals surface area contributed by atoms with E-state index in [1.165, 1.54) is 0 Å². The van der Waals surface area contributed by atoms with Crippen LogP contribution in [0.3, 0.4) is 0 Å². The zero-order valence-electron chi connectivity index (χ0n) is 21.3. The molecule has 0 aliphatic carbocycles. The molecule has 6 N–H and O–H groups in total. The molecule has 0 heterocycles. The summed E-state index contributed by atoms with van der Waals surface area (Å²) in [5.74, 6) is -2.53. The Kier molecular flexibility index (Phi) is 19.7. The van der Waals surface area contributed by atoms with E-state index >= 15 is 0 Å². The van der Waals surface area contributed by atoms with Crippen LogP contribution in [-0.2, 0) is 35.1 Å². The minimum atomic E-state index is -1.44. The molecule has 0 aliphatic rings. The van der Waals surface area contributed by atoms with Gasteiger partial charge in [0.05, 0.1) is 0 Å². The van der Waals surface area contributed by atoms with Crippen LogP contribution in [0.5, 0.6) is 0 Å². The van der Waals surface area contributed by atoms with E-state index < -0.39 is 42.1 Å². The molecule has 0 aromatic heterocycles. The summed E-state index contributed by atoms with van der Waals surface area (Å²) < 4.78 is 25.5. The maximum atomic E-state index is 11.9. The number of carbonyl (C=O) groups excluding carboxylic acids is 2. The van der Waals surface area contributed by atoms with Crippen molar-refractivity contribution in [2.45, 2.75) is 70.4 Å². The molecule has 0 bridgehead atoms. The average molecular weight is 521 g/mol. The summed E-state index contributed by atoms with van der Waals surface area (Å²) >= 11 is 0. The zero-order valence-corrected chi connectivity index (χ0v) is 21.3. The van der Waals surface area contributed by atoms with E-state index in [1.807, 2.05) is 44.2 Å². The predicted molar refractivity (Wildman–Crippen MR) is 135 cm³/mol. The molecule has 0 spiro atoms. The van der Waals surface area contributed by atoms with Crippen LogP contribution >= 0.6 is 0 Å². The molecule has 4 atom stereocenters. The molecule has 0 fully saturated rings. The second kappa shape index (κ2) is 21.3. The van der Waals surface area contributed by atoms with Gasteiger partial charge in [0, 0.05) is 0 Å². The van der Waals surface area contributed by atoms with Gasteiger partial charge in [0.1, 0.15) is 0 Å². The average Bonchev–Trinajstić information content (AvgIpc) is 2.90. The monoisotopic (exact) mass is 521 g/mol. The van der Waals surface area contributed by atoms with Crippen LogP contribution in [0.2, 0.25) is 0 Å². The number of amides is 1. The number of esters is 1. The van der Waals surface area contributed by atoms with Crippen molar-refractivity contribution in [1.82, 2.24) is 16.0 Å². The van der Waals surface area contributed by atoms with Gasteiger partial charge >= 0.3 is 200 Å². The summed E-state index contributed by atoms with van der Waals surface area (Å²) in [4.78, 5) is 33.9. The van der Waals surface area contributed by atoms with E-state index in [2.05, 4.69) is 16.0 Å². The molecule has 37 heavy (non-hydrogen) atoms. The number of rotatable bonds is 18. The minimum absolute atomic E-state index is 0.0497. The van der Waals surface area contributed by atoms with Crippen molar-refractivity contribution in [2.75, 3.05) is 19.4 Å². The molecule has 0 saturated carbocycles. The van der Waals surface area contributed by atoms with Crippen LogP contribution in [0.4, 0.5) is 0 Å². The molecule has 0 aliphatic heterocycles. The van der Waals surface area contributed by atoms with Gasteiger partial charge in [0.25, 0.3) is 0 Å². The molecule has 12 nitrogen and oxygen atoms in total. The quantitative estimate of drug-likeness (QED) is 0.104. The first-order chi connectivity index (χ1) is 17.7. The Hall–Kier alpha value is -2.80. The number of aliphatic hydroxyl groups is 2. The van der Waals surface area contributed by atoms with Gasteiger partial charge in [-0.15, -0.1) is 0 Å². The van der Waals surface area contributed by atoms with E-state index in [-0.39, 0.29) is 26.0 Å². The number of ether oxygens (including phenoxy) is 1. The van der Waals surface area contributed by atoms with Gasteiger partial charge in [-0.05, 0) is 0 Å². The number of carboxylic acids is 1. The molecular weight excluding hydrogens is 484 g/mol. The fraction of sp³-hybridized carbons (Fsp3) is 0.609. The fourth-order valence-electron chi connectivity index (χ4n) is 3.17. The van der Waals surface area contributed by atoms with Gasteiger partial charge in [0.15, 0.2) is 0 Å². The molecule has 0 saturated heterocycles. The van der Waals surface area contributed by atoms with Crippen LogP contribution in [0, 0.1) is 0 Å². The number of hydrogen-bond acceptors (Lipinski definition) is 10. The van der Waals surface area contributed by atoms with Crippen LogP contribution in [-0.4, -0.2) is 91.2 Å².